The minimum absolute atomic E-state index is 0.169. The van der Waals surface area contributed by atoms with E-state index < -0.39 is 6.04 Å². The molecule has 0 radical (unpaired) electrons. The van der Waals surface area contributed by atoms with Crippen molar-refractivity contribution in [3.05, 3.63) is 70.6 Å². The van der Waals surface area contributed by atoms with Gasteiger partial charge in [0.05, 0.1) is 18.3 Å². The lowest BCUT2D eigenvalue weighted by atomic mass is 10.2. The number of carbonyl (C=O) groups is 1. The molecule has 0 saturated heterocycles. The van der Waals surface area contributed by atoms with Gasteiger partial charge in [-0.3, -0.25) is 14.3 Å². The second-order valence-corrected chi connectivity index (χ2v) is 6.85. The maximum absolute atomic E-state index is 13.3. The molecule has 1 amide bonds. The van der Waals surface area contributed by atoms with Crippen molar-refractivity contribution in [1.29, 1.82) is 0 Å². The first-order valence-corrected chi connectivity index (χ1v) is 9.48. The molecule has 1 atom stereocenters. The fourth-order valence-electron chi connectivity index (χ4n) is 3.75. The molecule has 4 aromatic rings. The van der Waals surface area contributed by atoms with Crippen LogP contribution >= 0.6 is 0 Å². The van der Waals surface area contributed by atoms with Gasteiger partial charge in [-0.05, 0) is 37.6 Å². The molecular weight excluding hydrogens is 368 g/mol. The number of aromatic nitrogens is 3. The maximum atomic E-state index is 13.3. The van der Waals surface area contributed by atoms with Gasteiger partial charge in [-0.15, -0.1) is 0 Å². The fraction of sp³-hybridized carbons (Fsp3) is 0.227. The smallest absolute Gasteiger partial charge is 0.273 e. The highest BCUT2D eigenvalue weighted by molar-refractivity contribution is 5.98. The molecule has 4 rings (SSSR count). The molecule has 29 heavy (non-hydrogen) atoms. The van der Waals surface area contributed by atoms with Crippen molar-refractivity contribution in [2.75, 3.05) is 12.4 Å². The van der Waals surface area contributed by atoms with E-state index in [1.165, 1.54) is 6.07 Å². The number of ether oxygens (including phenoxy) is 1. The predicted octanol–water partition coefficient (Wildman–Crippen LogP) is 3.56. The molecule has 7 nitrogen and oxygen atoms in total. The Kier molecular flexibility index (Phi) is 4.80. The number of hydrogen-bond donors (Lipinski definition) is 1. The van der Waals surface area contributed by atoms with Crippen LogP contribution in [0.4, 0.5) is 5.69 Å². The summed E-state index contributed by atoms with van der Waals surface area (Å²) in [6, 6.07) is 15.9. The molecule has 7 heteroatoms. The molecule has 2 aromatic heterocycles. The number of nitrogens with one attached hydrogen (secondary N) is 1. The van der Waals surface area contributed by atoms with E-state index in [0.717, 1.165) is 16.6 Å². The Morgan fingerprint density at radius 2 is 1.90 bits per heavy atom. The van der Waals surface area contributed by atoms with Gasteiger partial charge in [-0.2, -0.15) is 4.98 Å². The first kappa shape index (κ1) is 18.7. The number of methoxy groups -OCH3 is 1. The normalized spacial score (nSPS) is 12.2. The van der Waals surface area contributed by atoms with Gasteiger partial charge in [-0.1, -0.05) is 31.2 Å². The van der Waals surface area contributed by atoms with Crippen LogP contribution in [0, 0.1) is 6.92 Å². The van der Waals surface area contributed by atoms with E-state index in [1.54, 1.807) is 19.2 Å². The van der Waals surface area contributed by atoms with Gasteiger partial charge in [0.15, 0.2) is 5.65 Å². The number of hydrogen-bond acceptors (Lipinski definition) is 4. The zero-order valence-corrected chi connectivity index (χ0v) is 16.5. The van der Waals surface area contributed by atoms with Gasteiger partial charge >= 0.3 is 0 Å². The van der Waals surface area contributed by atoms with E-state index in [9.17, 15) is 9.59 Å². The van der Waals surface area contributed by atoms with Crippen molar-refractivity contribution in [2.24, 2.45) is 0 Å². The van der Waals surface area contributed by atoms with Gasteiger partial charge < -0.3 is 10.1 Å². The van der Waals surface area contributed by atoms with Crippen molar-refractivity contribution in [3.63, 3.8) is 0 Å². The summed E-state index contributed by atoms with van der Waals surface area (Å²) in [6.07, 6.45) is 0.556. The number of rotatable bonds is 5. The lowest BCUT2D eigenvalue weighted by molar-refractivity contribution is -0.119. The highest BCUT2D eigenvalue weighted by atomic mass is 16.5. The second kappa shape index (κ2) is 7.43. The van der Waals surface area contributed by atoms with Crippen LogP contribution in [-0.4, -0.2) is 27.2 Å². The molecule has 0 aliphatic rings. The number of anilines is 1. The van der Waals surface area contributed by atoms with E-state index in [0.29, 0.717) is 23.5 Å². The van der Waals surface area contributed by atoms with E-state index >= 15 is 0 Å². The van der Waals surface area contributed by atoms with E-state index in [4.69, 9.17) is 4.74 Å². The molecule has 148 valence electrons. The summed E-state index contributed by atoms with van der Waals surface area (Å²) < 4.78 is 9.11. The van der Waals surface area contributed by atoms with Gasteiger partial charge in [0.25, 0.3) is 5.56 Å². The lowest BCUT2D eigenvalue weighted by Gasteiger charge is -2.21. The number of amides is 1. The van der Waals surface area contributed by atoms with Crippen LogP contribution in [0.5, 0.6) is 5.75 Å². The molecular formula is C22H22N4O3. The number of nitrogens with zero attached hydrogens (tertiary/aromatic N) is 3. The second-order valence-electron chi connectivity index (χ2n) is 6.85. The Balaban J connectivity index is 1.89. The Morgan fingerprint density at radius 1 is 1.17 bits per heavy atom. The lowest BCUT2D eigenvalue weighted by Crippen LogP contribution is -2.29. The summed E-state index contributed by atoms with van der Waals surface area (Å²) in [4.78, 5) is 29.5. The number of benzene rings is 2. The Morgan fingerprint density at radius 3 is 2.66 bits per heavy atom. The van der Waals surface area contributed by atoms with Crippen molar-refractivity contribution >= 4 is 28.1 Å². The van der Waals surface area contributed by atoms with Crippen LogP contribution < -0.4 is 15.6 Å². The molecule has 0 aliphatic carbocycles. The average Bonchev–Trinajstić information content (AvgIpc) is 3.04. The van der Waals surface area contributed by atoms with Crippen LogP contribution in [0.25, 0.3) is 16.6 Å². The molecule has 0 aliphatic heterocycles. The number of aryl methyl sites for hydroxylation is 1. The molecule has 0 saturated carbocycles. The highest BCUT2D eigenvalue weighted by Crippen LogP contribution is 2.29. The third-order valence-electron chi connectivity index (χ3n) is 5.04. The largest absolute Gasteiger partial charge is 0.495 e. The zero-order chi connectivity index (χ0) is 20.5. The van der Waals surface area contributed by atoms with Gasteiger partial charge in [-0.25, -0.2) is 4.52 Å². The highest BCUT2D eigenvalue weighted by Gasteiger charge is 2.25. The predicted molar refractivity (Wildman–Crippen MR) is 113 cm³/mol. The molecule has 2 aromatic carbocycles. The SMILES string of the molecule is CCC(C(=O)Nc1ccccc1OC)n1c2ccccc2c2nc(=O)cc(C)n21. The fourth-order valence-corrected chi connectivity index (χ4v) is 3.75. The van der Waals surface area contributed by atoms with Crippen LogP contribution in [0.3, 0.4) is 0 Å². The van der Waals surface area contributed by atoms with E-state index in [2.05, 4.69) is 10.3 Å². The summed E-state index contributed by atoms with van der Waals surface area (Å²) >= 11 is 0. The minimum atomic E-state index is -0.509. The van der Waals surface area contributed by atoms with Crippen molar-refractivity contribution in [1.82, 2.24) is 14.2 Å². The van der Waals surface area contributed by atoms with Crippen LogP contribution in [-0.2, 0) is 4.79 Å². The van der Waals surface area contributed by atoms with Crippen molar-refractivity contribution in [3.8, 4) is 5.75 Å². The van der Waals surface area contributed by atoms with Crippen LogP contribution in [0.2, 0.25) is 0 Å². The van der Waals surface area contributed by atoms with Crippen molar-refractivity contribution < 1.29 is 9.53 Å². The molecule has 0 spiro atoms. The maximum Gasteiger partial charge on any atom is 0.273 e. The van der Waals surface area contributed by atoms with Gasteiger partial charge in [0, 0.05) is 17.1 Å². The van der Waals surface area contributed by atoms with Crippen LogP contribution in [0.15, 0.2) is 59.4 Å². The van der Waals surface area contributed by atoms with E-state index in [1.807, 2.05) is 59.4 Å². The van der Waals surface area contributed by atoms with Crippen LogP contribution in [0.1, 0.15) is 25.1 Å². The summed E-state index contributed by atoms with van der Waals surface area (Å²) in [5, 5.41) is 3.81. The average molecular weight is 390 g/mol. The minimum Gasteiger partial charge on any atom is -0.495 e. The zero-order valence-electron chi connectivity index (χ0n) is 16.5. The Labute approximate surface area is 167 Å². The Hall–Kier alpha value is -3.61. The monoisotopic (exact) mass is 390 g/mol. The standard InChI is InChI=1S/C22H22N4O3/c1-4-17(22(28)23-16-10-6-8-12-19(16)29-3)26-18-11-7-5-9-15(18)21-24-20(27)13-14(2)25(21)26/h5-13,17H,4H2,1-3H3,(H,23,28). The Bertz CT molecular complexity index is 1270. The molecule has 2 heterocycles. The van der Waals surface area contributed by atoms with Gasteiger partial charge in [0.2, 0.25) is 5.91 Å². The number of fused-ring (bicyclic) bond motifs is 3. The molecule has 0 bridgehead atoms. The third kappa shape index (κ3) is 3.14. The van der Waals surface area contributed by atoms with Crippen molar-refractivity contribution in [2.45, 2.75) is 26.3 Å². The summed E-state index contributed by atoms with van der Waals surface area (Å²) in [5.74, 6) is 0.428. The topological polar surface area (TPSA) is 77.6 Å². The quantitative estimate of drug-likeness (QED) is 0.565. The first-order valence-electron chi connectivity index (χ1n) is 9.48. The number of carbonyl (C=O) groups excluding carboxylic acids is 1. The van der Waals surface area contributed by atoms with Gasteiger partial charge in [0.1, 0.15) is 11.8 Å². The first-order chi connectivity index (χ1) is 14.0. The number of para-hydroxylation sites is 3. The molecule has 1 N–H and O–H groups in total. The third-order valence-corrected chi connectivity index (χ3v) is 5.04. The summed E-state index contributed by atoms with van der Waals surface area (Å²) in [7, 11) is 1.57. The summed E-state index contributed by atoms with van der Waals surface area (Å²) in [5.41, 5.74) is 2.43. The van der Waals surface area contributed by atoms with E-state index in [-0.39, 0.29) is 11.5 Å². The molecule has 0 fully saturated rings. The summed E-state index contributed by atoms with van der Waals surface area (Å²) in [6.45, 7) is 3.80. The molecule has 1 unspecified atom stereocenters.